The van der Waals surface area contributed by atoms with Crippen molar-refractivity contribution in [1.29, 1.82) is 0 Å². The van der Waals surface area contributed by atoms with Gasteiger partial charge >= 0.3 is 0 Å². The van der Waals surface area contributed by atoms with E-state index in [9.17, 15) is 4.79 Å². The third kappa shape index (κ3) is 3.78. The zero-order valence-corrected chi connectivity index (χ0v) is 15.6. The number of aryl methyl sites for hydroxylation is 1. The predicted octanol–water partition coefficient (Wildman–Crippen LogP) is 2.65. The zero-order chi connectivity index (χ0) is 18.8. The molecule has 3 heterocycles. The standard InChI is InChI=1S/C20H23N5O2/c1-23-9-6-10-25-17(14-23)12-18(21-25)20(26)24(2)13-16-11-19(27-22-16)15-7-4-3-5-8-15/h3-5,7-8,11-12H,6,9-10,13-14H2,1-2H3. The van der Waals surface area contributed by atoms with Gasteiger partial charge in [0.05, 0.1) is 12.2 Å². The van der Waals surface area contributed by atoms with Gasteiger partial charge in [-0.2, -0.15) is 5.10 Å². The van der Waals surface area contributed by atoms with Crippen LogP contribution in [0.2, 0.25) is 0 Å². The Morgan fingerprint density at radius 1 is 1.22 bits per heavy atom. The first kappa shape index (κ1) is 17.5. The molecule has 0 bridgehead atoms. The quantitative estimate of drug-likeness (QED) is 0.711. The van der Waals surface area contributed by atoms with Crippen molar-refractivity contribution in [3.8, 4) is 11.3 Å². The first-order valence-electron chi connectivity index (χ1n) is 9.12. The molecule has 7 nitrogen and oxygen atoms in total. The number of nitrogens with zero attached hydrogens (tertiary/aromatic N) is 5. The number of rotatable bonds is 4. The van der Waals surface area contributed by atoms with Crippen LogP contribution in [0.5, 0.6) is 0 Å². The minimum absolute atomic E-state index is 0.109. The maximum absolute atomic E-state index is 12.8. The summed E-state index contributed by atoms with van der Waals surface area (Å²) in [5, 5.41) is 8.61. The monoisotopic (exact) mass is 365 g/mol. The minimum Gasteiger partial charge on any atom is -0.356 e. The van der Waals surface area contributed by atoms with Crippen LogP contribution in [0, 0.1) is 0 Å². The molecule has 1 amide bonds. The number of fused-ring (bicyclic) bond motifs is 1. The van der Waals surface area contributed by atoms with Crippen molar-refractivity contribution in [3.05, 3.63) is 59.5 Å². The van der Waals surface area contributed by atoms with Crippen LogP contribution in [0.4, 0.5) is 0 Å². The molecule has 1 aromatic carbocycles. The van der Waals surface area contributed by atoms with Gasteiger partial charge in [0.2, 0.25) is 0 Å². The molecule has 0 atom stereocenters. The van der Waals surface area contributed by atoms with E-state index in [1.165, 1.54) is 0 Å². The third-order valence-electron chi connectivity index (χ3n) is 4.79. The lowest BCUT2D eigenvalue weighted by atomic mass is 10.1. The molecule has 1 aliphatic rings. The number of amides is 1. The smallest absolute Gasteiger partial charge is 0.274 e. The van der Waals surface area contributed by atoms with Crippen molar-refractivity contribution in [3.63, 3.8) is 0 Å². The molecule has 0 N–H and O–H groups in total. The van der Waals surface area contributed by atoms with E-state index in [-0.39, 0.29) is 5.91 Å². The van der Waals surface area contributed by atoms with Gasteiger partial charge in [0.1, 0.15) is 5.69 Å². The molecule has 0 saturated heterocycles. The summed E-state index contributed by atoms with van der Waals surface area (Å²) < 4.78 is 7.37. The van der Waals surface area contributed by atoms with E-state index in [1.54, 1.807) is 11.9 Å². The van der Waals surface area contributed by atoms with Gasteiger partial charge in [-0.15, -0.1) is 0 Å². The average Bonchev–Trinajstić information content (AvgIpc) is 3.25. The summed E-state index contributed by atoms with van der Waals surface area (Å²) in [7, 11) is 3.85. The molecular formula is C20H23N5O2. The van der Waals surface area contributed by atoms with Crippen LogP contribution < -0.4 is 0 Å². The second-order valence-corrected chi connectivity index (χ2v) is 7.05. The Kier molecular flexibility index (Phi) is 4.77. The molecule has 0 unspecified atom stereocenters. The minimum atomic E-state index is -0.109. The largest absolute Gasteiger partial charge is 0.356 e. The first-order chi connectivity index (χ1) is 13.1. The van der Waals surface area contributed by atoms with Crippen LogP contribution >= 0.6 is 0 Å². The summed E-state index contributed by atoms with van der Waals surface area (Å²) in [6, 6.07) is 13.6. The van der Waals surface area contributed by atoms with Crippen molar-refractivity contribution in [1.82, 2.24) is 24.7 Å². The lowest BCUT2D eigenvalue weighted by molar-refractivity contribution is 0.0775. The number of hydrogen-bond donors (Lipinski definition) is 0. The van der Waals surface area contributed by atoms with E-state index in [1.807, 2.05) is 47.1 Å². The molecule has 2 aromatic heterocycles. The fraction of sp³-hybridized carbons (Fsp3) is 0.350. The van der Waals surface area contributed by atoms with Crippen LogP contribution in [-0.2, 0) is 19.6 Å². The molecule has 27 heavy (non-hydrogen) atoms. The van der Waals surface area contributed by atoms with E-state index in [0.29, 0.717) is 23.7 Å². The molecule has 0 spiro atoms. The lowest BCUT2D eigenvalue weighted by Crippen LogP contribution is -2.27. The predicted molar refractivity (Wildman–Crippen MR) is 101 cm³/mol. The number of aromatic nitrogens is 3. The number of carbonyl (C=O) groups excluding carboxylic acids is 1. The van der Waals surface area contributed by atoms with Crippen molar-refractivity contribution >= 4 is 5.91 Å². The maximum Gasteiger partial charge on any atom is 0.274 e. The number of benzene rings is 1. The molecular weight excluding hydrogens is 342 g/mol. The van der Waals surface area contributed by atoms with Gasteiger partial charge in [0.15, 0.2) is 11.5 Å². The fourth-order valence-corrected chi connectivity index (χ4v) is 3.36. The highest BCUT2D eigenvalue weighted by Gasteiger charge is 2.21. The molecule has 4 rings (SSSR count). The molecule has 3 aromatic rings. The highest BCUT2D eigenvalue weighted by Crippen LogP contribution is 2.21. The van der Waals surface area contributed by atoms with Crippen molar-refractivity contribution in [2.75, 3.05) is 20.6 Å². The van der Waals surface area contributed by atoms with Gasteiger partial charge in [-0.1, -0.05) is 35.5 Å². The summed E-state index contributed by atoms with van der Waals surface area (Å²) in [5.41, 5.74) is 3.24. The van der Waals surface area contributed by atoms with E-state index in [0.717, 1.165) is 37.3 Å². The van der Waals surface area contributed by atoms with Crippen LogP contribution in [0.3, 0.4) is 0 Å². The van der Waals surface area contributed by atoms with E-state index < -0.39 is 0 Å². The molecule has 140 valence electrons. The maximum atomic E-state index is 12.8. The van der Waals surface area contributed by atoms with E-state index in [2.05, 4.69) is 22.2 Å². The number of hydrogen-bond acceptors (Lipinski definition) is 5. The van der Waals surface area contributed by atoms with Crippen LogP contribution in [-0.4, -0.2) is 51.3 Å². The number of carbonyl (C=O) groups is 1. The van der Waals surface area contributed by atoms with E-state index >= 15 is 0 Å². The van der Waals surface area contributed by atoms with Crippen LogP contribution in [0.1, 0.15) is 28.3 Å². The molecule has 0 saturated carbocycles. The molecule has 0 radical (unpaired) electrons. The van der Waals surface area contributed by atoms with Gasteiger partial charge < -0.3 is 14.3 Å². The van der Waals surface area contributed by atoms with Gasteiger partial charge in [0.25, 0.3) is 5.91 Å². The lowest BCUT2D eigenvalue weighted by Gasteiger charge is -2.14. The van der Waals surface area contributed by atoms with E-state index in [4.69, 9.17) is 4.52 Å². The Labute approximate surface area is 158 Å². The summed E-state index contributed by atoms with van der Waals surface area (Å²) in [5.74, 6) is 0.589. The fourth-order valence-electron chi connectivity index (χ4n) is 3.36. The van der Waals surface area contributed by atoms with Gasteiger partial charge in [-0.25, -0.2) is 0 Å². The van der Waals surface area contributed by atoms with Crippen molar-refractivity contribution < 1.29 is 9.32 Å². The van der Waals surface area contributed by atoms with Gasteiger partial charge in [0, 0.05) is 38.3 Å². The third-order valence-corrected chi connectivity index (χ3v) is 4.79. The molecule has 7 heteroatoms. The first-order valence-corrected chi connectivity index (χ1v) is 9.12. The molecule has 0 aliphatic carbocycles. The normalized spacial score (nSPS) is 14.6. The Morgan fingerprint density at radius 2 is 2.04 bits per heavy atom. The van der Waals surface area contributed by atoms with Gasteiger partial charge in [-0.05, 0) is 19.5 Å². The summed E-state index contributed by atoms with van der Waals surface area (Å²) in [4.78, 5) is 16.7. The molecule has 1 aliphatic heterocycles. The Morgan fingerprint density at radius 3 is 2.85 bits per heavy atom. The molecule has 0 fully saturated rings. The van der Waals surface area contributed by atoms with Crippen molar-refractivity contribution in [2.45, 2.75) is 26.1 Å². The highest BCUT2D eigenvalue weighted by molar-refractivity contribution is 5.92. The van der Waals surface area contributed by atoms with Gasteiger partial charge in [-0.3, -0.25) is 9.48 Å². The summed E-state index contributed by atoms with van der Waals surface area (Å²) in [6.07, 6.45) is 1.04. The summed E-state index contributed by atoms with van der Waals surface area (Å²) in [6.45, 7) is 3.08. The average molecular weight is 365 g/mol. The summed E-state index contributed by atoms with van der Waals surface area (Å²) >= 11 is 0. The Balaban J connectivity index is 1.46. The topological polar surface area (TPSA) is 67.4 Å². The highest BCUT2D eigenvalue weighted by atomic mass is 16.5. The van der Waals surface area contributed by atoms with Crippen molar-refractivity contribution in [2.24, 2.45) is 0 Å². The Hall–Kier alpha value is -2.93. The second-order valence-electron chi connectivity index (χ2n) is 7.05. The zero-order valence-electron chi connectivity index (χ0n) is 15.6. The SMILES string of the molecule is CN1CCCn2nc(C(=O)N(C)Cc3cc(-c4ccccc4)on3)cc2C1. The van der Waals surface area contributed by atoms with Crippen LogP contribution in [0.15, 0.2) is 47.0 Å². The van der Waals surface area contributed by atoms with Crippen LogP contribution in [0.25, 0.3) is 11.3 Å². The Bertz CT molecular complexity index is 931. The second kappa shape index (κ2) is 7.36.